The maximum atomic E-state index is 13.6. The Labute approximate surface area is 204 Å². The van der Waals surface area contributed by atoms with Crippen molar-refractivity contribution in [3.63, 3.8) is 0 Å². The zero-order valence-electron chi connectivity index (χ0n) is 19.9. The van der Waals surface area contributed by atoms with Crippen LogP contribution in [0.2, 0.25) is 0 Å². The molecular weight excluding hydrogens is 446 g/mol. The van der Waals surface area contributed by atoms with E-state index in [-0.39, 0.29) is 48.8 Å². The molecule has 2 fully saturated rings. The Balaban J connectivity index is 1.48. The van der Waals surface area contributed by atoms with Crippen molar-refractivity contribution >= 4 is 29.3 Å². The predicted molar refractivity (Wildman–Crippen MR) is 132 cm³/mol. The van der Waals surface area contributed by atoms with E-state index in [0.717, 1.165) is 49.1 Å². The van der Waals surface area contributed by atoms with Crippen molar-refractivity contribution in [1.29, 1.82) is 0 Å². The van der Waals surface area contributed by atoms with E-state index < -0.39 is 5.97 Å². The van der Waals surface area contributed by atoms with E-state index in [1.807, 2.05) is 58.3 Å². The monoisotopic (exact) mass is 477 g/mol. The first-order valence-corrected chi connectivity index (χ1v) is 12.3. The number of nitrogens with zero attached hydrogens (tertiary/aromatic N) is 2. The summed E-state index contributed by atoms with van der Waals surface area (Å²) in [5, 5.41) is 12.2. The summed E-state index contributed by atoms with van der Waals surface area (Å²) in [4.78, 5) is 41.9. The summed E-state index contributed by atoms with van der Waals surface area (Å²) in [5.74, 6) is -0.228. The van der Waals surface area contributed by atoms with Gasteiger partial charge in [0, 0.05) is 30.1 Å². The lowest BCUT2D eigenvalue weighted by atomic mass is 9.81. The quantitative estimate of drug-likeness (QED) is 0.596. The Morgan fingerprint density at radius 2 is 1.77 bits per heavy atom. The maximum absolute atomic E-state index is 13.6. The van der Waals surface area contributed by atoms with E-state index >= 15 is 0 Å². The van der Waals surface area contributed by atoms with Gasteiger partial charge in [-0.15, -0.1) is 0 Å². The maximum Gasteiger partial charge on any atom is 0.326 e. The molecule has 8 heteroatoms. The van der Waals surface area contributed by atoms with E-state index in [4.69, 9.17) is 9.84 Å². The van der Waals surface area contributed by atoms with Crippen LogP contribution in [0.3, 0.4) is 0 Å². The third kappa shape index (κ3) is 4.57. The first-order valence-electron chi connectivity index (χ1n) is 12.3. The minimum absolute atomic E-state index is 0.00353. The van der Waals surface area contributed by atoms with Crippen molar-refractivity contribution in [2.24, 2.45) is 5.92 Å². The van der Waals surface area contributed by atoms with Crippen LogP contribution in [0, 0.1) is 5.92 Å². The van der Waals surface area contributed by atoms with Crippen LogP contribution in [0.1, 0.15) is 56.6 Å². The minimum Gasteiger partial charge on any atom is -0.497 e. The Morgan fingerprint density at radius 1 is 1.03 bits per heavy atom. The number of rotatable bonds is 7. The molecule has 0 radical (unpaired) electrons. The molecule has 3 amide bonds. The molecule has 2 saturated carbocycles. The number of methoxy groups -OCH3 is 1. The van der Waals surface area contributed by atoms with Crippen LogP contribution >= 0.6 is 0 Å². The number of urea groups is 1. The van der Waals surface area contributed by atoms with Crippen molar-refractivity contribution in [1.82, 2.24) is 4.90 Å². The Bertz CT molecular complexity index is 1110. The summed E-state index contributed by atoms with van der Waals surface area (Å²) in [6, 6.07) is 14.9. The predicted octanol–water partition coefficient (Wildman–Crippen LogP) is 4.81. The summed E-state index contributed by atoms with van der Waals surface area (Å²) in [6.45, 7) is 0. The van der Waals surface area contributed by atoms with E-state index in [1.54, 1.807) is 7.11 Å². The molecular formula is C27H31N3O5. The normalized spacial score (nSPS) is 22.7. The number of ether oxygens (including phenoxy) is 1. The number of fused-ring (bicyclic) bond motifs is 2. The van der Waals surface area contributed by atoms with E-state index in [9.17, 15) is 14.4 Å². The third-order valence-electron chi connectivity index (χ3n) is 7.42. The molecule has 0 saturated heterocycles. The first kappa shape index (κ1) is 23.2. The lowest BCUT2D eigenvalue weighted by molar-refractivity contribution is -0.142. The van der Waals surface area contributed by atoms with Crippen molar-refractivity contribution in [3.05, 3.63) is 54.1 Å². The summed E-state index contributed by atoms with van der Waals surface area (Å²) < 4.78 is 5.21. The van der Waals surface area contributed by atoms with Gasteiger partial charge in [-0.2, -0.15) is 0 Å². The highest BCUT2D eigenvalue weighted by Crippen LogP contribution is 2.52. The van der Waals surface area contributed by atoms with Crippen LogP contribution in [-0.2, 0) is 9.59 Å². The lowest BCUT2D eigenvalue weighted by Gasteiger charge is -2.47. The van der Waals surface area contributed by atoms with Crippen molar-refractivity contribution in [2.45, 2.75) is 63.1 Å². The fourth-order valence-corrected chi connectivity index (χ4v) is 5.78. The highest BCUT2D eigenvalue weighted by Gasteiger charge is 2.51. The van der Waals surface area contributed by atoms with Gasteiger partial charge in [0.25, 0.3) is 0 Å². The van der Waals surface area contributed by atoms with Gasteiger partial charge in [0.2, 0.25) is 5.91 Å². The zero-order chi connectivity index (χ0) is 24.5. The van der Waals surface area contributed by atoms with E-state index in [0.29, 0.717) is 5.69 Å². The minimum atomic E-state index is -0.960. The van der Waals surface area contributed by atoms with Crippen LogP contribution in [-0.4, -0.2) is 47.1 Å². The fraction of sp³-hybridized carbons (Fsp3) is 0.444. The molecule has 0 bridgehead atoms. The van der Waals surface area contributed by atoms with Gasteiger partial charge >= 0.3 is 12.0 Å². The molecule has 2 aromatic carbocycles. The summed E-state index contributed by atoms with van der Waals surface area (Å²) in [5.41, 5.74) is 2.48. The zero-order valence-corrected chi connectivity index (χ0v) is 19.9. The van der Waals surface area contributed by atoms with Crippen LogP contribution in [0.4, 0.5) is 16.2 Å². The molecule has 3 aliphatic rings. The topological polar surface area (TPSA) is 99.2 Å². The number of carboxylic acid groups (broad SMARTS) is 1. The van der Waals surface area contributed by atoms with Gasteiger partial charge in [-0.25, -0.2) is 4.79 Å². The van der Waals surface area contributed by atoms with Crippen LogP contribution in [0.25, 0.3) is 0 Å². The molecule has 8 nitrogen and oxygen atoms in total. The number of nitrogens with one attached hydrogen (secondary N) is 1. The number of carbonyl (C=O) groups is 3. The number of carboxylic acids is 1. The molecule has 0 aromatic heterocycles. The highest BCUT2D eigenvalue weighted by molar-refractivity contribution is 6.03. The Morgan fingerprint density at radius 3 is 2.46 bits per heavy atom. The number of hydrogen-bond acceptors (Lipinski definition) is 4. The first-order chi connectivity index (χ1) is 17.0. The summed E-state index contributed by atoms with van der Waals surface area (Å²) >= 11 is 0. The molecule has 1 aliphatic heterocycles. The molecule has 3 atom stereocenters. The average Bonchev–Trinajstić information content (AvgIpc) is 3.58. The van der Waals surface area contributed by atoms with Crippen LogP contribution in [0.15, 0.2) is 48.5 Å². The largest absolute Gasteiger partial charge is 0.497 e. The van der Waals surface area contributed by atoms with Gasteiger partial charge in [-0.05, 0) is 61.6 Å². The number of aliphatic carboxylic acids is 1. The second-order valence-corrected chi connectivity index (χ2v) is 9.62. The molecule has 3 unspecified atom stereocenters. The highest BCUT2D eigenvalue weighted by atomic mass is 16.5. The molecule has 184 valence electrons. The third-order valence-corrected chi connectivity index (χ3v) is 7.42. The smallest absolute Gasteiger partial charge is 0.326 e. The average molecular weight is 478 g/mol. The van der Waals surface area contributed by atoms with Crippen LogP contribution < -0.4 is 15.0 Å². The molecule has 35 heavy (non-hydrogen) atoms. The molecule has 0 spiro atoms. The Kier molecular flexibility index (Phi) is 6.36. The summed E-state index contributed by atoms with van der Waals surface area (Å²) in [6.07, 6.45) is 4.49. The number of carbonyl (C=O) groups excluding carboxylic acids is 2. The molecule has 2 aliphatic carbocycles. The SMILES string of the molecule is COc1ccc(NC(=O)N2c3ccccc3C(N(C(=O)CCC(=O)O)C3CC3)C3CCCC32)cc1. The molecule has 2 N–H and O–H groups in total. The van der Waals surface area contributed by atoms with Gasteiger partial charge in [0.1, 0.15) is 5.75 Å². The van der Waals surface area contributed by atoms with Gasteiger partial charge in [0.05, 0.1) is 25.3 Å². The molecule has 2 aromatic rings. The second kappa shape index (κ2) is 9.60. The number of benzene rings is 2. The van der Waals surface area contributed by atoms with Gasteiger partial charge in [-0.1, -0.05) is 24.6 Å². The van der Waals surface area contributed by atoms with Crippen molar-refractivity contribution in [3.8, 4) is 5.75 Å². The lowest BCUT2D eigenvalue weighted by Crippen LogP contribution is -2.53. The fourth-order valence-electron chi connectivity index (χ4n) is 5.78. The van der Waals surface area contributed by atoms with Gasteiger partial charge in [0.15, 0.2) is 0 Å². The number of anilines is 2. The van der Waals surface area contributed by atoms with Crippen molar-refractivity contribution in [2.75, 3.05) is 17.3 Å². The van der Waals surface area contributed by atoms with E-state index in [2.05, 4.69) is 5.32 Å². The molecule has 5 rings (SSSR count). The standard InChI is InChI=1S/C27H31N3O5/c1-35-19-13-9-17(10-14-19)28-27(34)30-22-7-3-2-5-20(22)26(21-6-4-8-23(21)30)29(18-11-12-18)24(31)15-16-25(32)33/h2-3,5,7,9-10,13-14,18,21,23,26H,4,6,8,11-12,15-16H2,1H3,(H,28,34)(H,32,33). The number of hydrogen-bond donors (Lipinski definition) is 2. The Hall–Kier alpha value is -3.55. The summed E-state index contributed by atoms with van der Waals surface area (Å²) in [7, 11) is 1.60. The van der Waals surface area contributed by atoms with Gasteiger partial charge < -0.3 is 20.1 Å². The van der Waals surface area contributed by atoms with Crippen molar-refractivity contribution < 1.29 is 24.2 Å². The molecule has 1 heterocycles. The number of para-hydroxylation sites is 1. The number of amides is 3. The van der Waals surface area contributed by atoms with Crippen LogP contribution in [0.5, 0.6) is 5.75 Å². The second-order valence-electron chi connectivity index (χ2n) is 9.62. The van der Waals surface area contributed by atoms with E-state index in [1.165, 1.54) is 0 Å². The van der Waals surface area contributed by atoms with Gasteiger partial charge in [-0.3, -0.25) is 14.5 Å².